The van der Waals surface area contributed by atoms with Gasteiger partial charge in [0.15, 0.2) is 12.3 Å². The van der Waals surface area contributed by atoms with Crippen LogP contribution in [0.25, 0.3) is 0 Å². The highest BCUT2D eigenvalue weighted by molar-refractivity contribution is 5.93. The van der Waals surface area contributed by atoms with Gasteiger partial charge in [-0.2, -0.15) is 4.58 Å². The first-order valence-electron chi connectivity index (χ1n) is 8.38. The van der Waals surface area contributed by atoms with Gasteiger partial charge in [-0.3, -0.25) is 0 Å². The molecule has 1 aromatic rings. The van der Waals surface area contributed by atoms with E-state index >= 15 is 0 Å². The Balaban J connectivity index is 2.43. The molecule has 2 heteroatoms. The standard InChI is InChI=1S/C20H32NO/c1-14(2)12-19(4,5)13-21-15(3)20(6,7)17-11-16(22-8)9-10-18(17)21/h9-11,14H,12-13H2,1-8H3/q+1. The normalized spacial score (nSPS) is 17.1. The molecule has 0 saturated heterocycles. The van der Waals surface area contributed by atoms with Gasteiger partial charge >= 0.3 is 0 Å². The summed E-state index contributed by atoms with van der Waals surface area (Å²) in [7, 11) is 1.74. The molecule has 2 rings (SSSR count). The molecule has 0 spiro atoms. The third-order valence-electron chi connectivity index (χ3n) is 5.02. The predicted octanol–water partition coefficient (Wildman–Crippen LogP) is 5.16. The smallest absolute Gasteiger partial charge is 0.209 e. The van der Waals surface area contributed by atoms with Gasteiger partial charge in [-0.15, -0.1) is 0 Å². The molecule has 0 saturated carbocycles. The average molecular weight is 302 g/mol. The third-order valence-corrected chi connectivity index (χ3v) is 5.02. The van der Waals surface area contributed by atoms with E-state index in [0.717, 1.165) is 18.2 Å². The van der Waals surface area contributed by atoms with E-state index in [1.807, 2.05) is 0 Å². The van der Waals surface area contributed by atoms with Crippen molar-refractivity contribution >= 4 is 11.4 Å². The zero-order valence-electron chi connectivity index (χ0n) is 15.6. The van der Waals surface area contributed by atoms with Gasteiger partial charge in [-0.1, -0.05) is 27.7 Å². The topological polar surface area (TPSA) is 12.2 Å². The molecule has 0 atom stereocenters. The molecule has 0 unspecified atom stereocenters. The molecule has 0 aromatic heterocycles. The quantitative estimate of drug-likeness (QED) is 0.684. The van der Waals surface area contributed by atoms with Crippen molar-refractivity contribution in [3.05, 3.63) is 23.8 Å². The molecule has 1 aliphatic rings. The summed E-state index contributed by atoms with van der Waals surface area (Å²) >= 11 is 0. The Kier molecular flexibility index (Phi) is 4.43. The Morgan fingerprint density at radius 3 is 2.41 bits per heavy atom. The van der Waals surface area contributed by atoms with E-state index in [-0.39, 0.29) is 5.41 Å². The second-order valence-electron chi connectivity index (χ2n) is 8.44. The Hall–Kier alpha value is -1.31. The Bertz CT molecular complexity index is 594. The largest absolute Gasteiger partial charge is 0.497 e. The highest BCUT2D eigenvalue weighted by Crippen LogP contribution is 2.42. The third kappa shape index (κ3) is 3.06. The van der Waals surface area contributed by atoms with Crippen molar-refractivity contribution in [2.24, 2.45) is 11.3 Å². The van der Waals surface area contributed by atoms with Crippen molar-refractivity contribution in [2.75, 3.05) is 13.7 Å². The summed E-state index contributed by atoms with van der Waals surface area (Å²) in [6, 6.07) is 6.50. The molecule has 22 heavy (non-hydrogen) atoms. The number of hydrogen-bond acceptors (Lipinski definition) is 1. The molecule has 1 aliphatic heterocycles. The van der Waals surface area contributed by atoms with Crippen molar-refractivity contribution in [1.82, 2.24) is 0 Å². The second-order valence-corrected chi connectivity index (χ2v) is 8.44. The SMILES string of the molecule is COc1ccc2c(c1)C(C)(C)C(C)=[N+]2CC(C)(C)CC(C)C. The molecule has 1 heterocycles. The van der Waals surface area contributed by atoms with Crippen LogP contribution in [0.15, 0.2) is 18.2 Å². The number of fused-ring (bicyclic) bond motifs is 1. The highest BCUT2D eigenvalue weighted by atomic mass is 16.5. The van der Waals surface area contributed by atoms with E-state index < -0.39 is 0 Å². The van der Waals surface area contributed by atoms with E-state index in [9.17, 15) is 0 Å². The summed E-state index contributed by atoms with van der Waals surface area (Å²) < 4.78 is 7.95. The lowest BCUT2D eigenvalue weighted by molar-refractivity contribution is -0.457. The van der Waals surface area contributed by atoms with Crippen molar-refractivity contribution in [2.45, 2.75) is 60.3 Å². The lowest BCUT2D eigenvalue weighted by Gasteiger charge is -2.24. The number of rotatable bonds is 5. The summed E-state index contributed by atoms with van der Waals surface area (Å²) in [5.74, 6) is 1.67. The van der Waals surface area contributed by atoms with Crippen molar-refractivity contribution in [3.63, 3.8) is 0 Å². The lowest BCUT2D eigenvalue weighted by atomic mass is 9.82. The van der Waals surface area contributed by atoms with Gasteiger partial charge in [0.2, 0.25) is 5.69 Å². The summed E-state index contributed by atoms with van der Waals surface area (Å²) in [6.07, 6.45) is 1.24. The molecule has 0 N–H and O–H groups in total. The number of methoxy groups -OCH3 is 1. The minimum atomic E-state index is 0.0672. The fraction of sp³-hybridized carbons (Fsp3) is 0.650. The van der Waals surface area contributed by atoms with Gasteiger partial charge in [0.05, 0.1) is 12.5 Å². The molecule has 0 fully saturated rings. The lowest BCUT2D eigenvalue weighted by Crippen LogP contribution is -2.31. The van der Waals surface area contributed by atoms with Crippen LogP contribution in [0, 0.1) is 11.3 Å². The fourth-order valence-corrected chi connectivity index (χ4v) is 3.89. The first-order valence-corrected chi connectivity index (χ1v) is 8.38. The molecule has 2 nitrogen and oxygen atoms in total. The maximum atomic E-state index is 5.43. The van der Waals surface area contributed by atoms with Crippen LogP contribution in [-0.2, 0) is 5.41 Å². The minimum Gasteiger partial charge on any atom is -0.497 e. The van der Waals surface area contributed by atoms with Crippen LogP contribution in [0.3, 0.4) is 0 Å². The summed E-state index contributed by atoms with van der Waals surface area (Å²) in [6.45, 7) is 17.4. The second kappa shape index (κ2) is 5.72. The van der Waals surface area contributed by atoms with Crippen molar-refractivity contribution in [1.29, 1.82) is 0 Å². The van der Waals surface area contributed by atoms with E-state index in [4.69, 9.17) is 4.74 Å². The number of ether oxygens (including phenoxy) is 1. The number of hydrogen-bond donors (Lipinski definition) is 0. The van der Waals surface area contributed by atoms with Gasteiger partial charge < -0.3 is 4.74 Å². The molecule has 0 bridgehead atoms. The van der Waals surface area contributed by atoms with E-state index in [2.05, 4.69) is 71.2 Å². The molecule has 0 amide bonds. The maximum absolute atomic E-state index is 5.43. The maximum Gasteiger partial charge on any atom is 0.209 e. The van der Waals surface area contributed by atoms with Crippen LogP contribution in [0.2, 0.25) is 0 Å². The molecule has 1 aromatic carbocycles. The summed E-state index contributed by atoms with van der Waals surface area (Å²) in [5.41, 5.74) is 4.53. The Morgan fingerprint density at radius 1 is 1.23 bits per heavy atom. The van der Waals surface area contributed by atoms with Gasteiger partial charge in [-0.25, -0.2) is 0 Å². The van der Waals surface area contributed by atoms with Crippen LogP contribution in [0.4, 0.5) is 5.69 Å². The van der Waals surface area contributed by atoms with Crippen molar-refractivity contribution in [3.8, 4) is 5.75 Å². The fourth-order valence-electron chi connectivity index (χ4n) is 3.89. The van der Waals surface area contributed by atoms with Gasteiger partial charge in [0, 0.05) is 24.0 Å². The van der Waals surface area contributed by atoms with Crippen molar-refractivity contribution < 1.29 is 9.31 Å². The molecule has 122 valence electrons. The number of benzene rings is 1. The molecule has 0 aliphatic carbocycles. The van der Waals surface area contributed by atoms with Crippen LogP contribution >= 0.6 is 0 Å². The van der Waals surface area contributed by atoms with Crippen LogP contribution in [0.1, 0.15) is 60.5 Å². The van der Waals surface area contributed by atoms with Crippen LogP contribution < -0.4 is 4.74 Å². The van der Waals surface area contributed by atoms with Gasteiger partial charge in [0.1, 0.15) is 5.75 Å². The number of nitrogens with zero attached hydrogens (tertiary/aromatic N) is 1. The van der Waals surface area contributed by atoms with Gasteiger partial charge in [-0.05, 0) is 38.3 Å². The Morgan fingerprint density at radius 2 is 1.86 bits per heavy atom. The van der Waals surface area contributed by atoms with Crippen LogP contribution in [-0.4, -0.2) is 23.9 Å². The average Bonchev–Trinajstić information content (AvgIpc) is 2.58. The molecular weight excluding hydrogens is 270 g/mol. The zero-order valence-corrected chi connectivity index (χ0v) is 15.6. The Labute approximate surface area is 136 Å². The van der Waals surface area contributed by atoms with Gasteiger partial charge in [0.25, 0.3) is 0 Å². The van der Waals surface area contributed by atoms with Crippen LogP contribution in [0.5, 0.6) is 5.75 Å². The first kappa shape index (κ1) is 17.1. The zero-order chi connectivity index (χ0) is 16.7. The summed E-state index contributed by atoms with van der Waals surface area (Å²) in [5, 5.41) is 0. The predicted molar refractivity (Wildman–Crippen MR) is 94.7 cm³/mol. The van der Waals surface area contributed by atoms with E-state index in [1.165, 1.54) is 23.4 Å². The molecular formula is C20H32NO+. The summed E-state index contributed by atoms with van der Waals surface area (Å²) in [4.78, 5) is 0. The monoisotopic (exact) mass is 302 g/mol. The molecule has 0 radical (unpaired) electrons. The van der Waals surface area contributed by atoms with E-state index in [0.29, 0.717) is 5.41 Å². The first-order chi connectivity index (χ1) is 10.1. The van der Waals surface area contributed by atoms with E-state index in [1.54, 1.807) is 7.11 Å². The minimum absolute atomic E-state index is 0.0672. The highest BCUT2D eigenvalue weighted by Gasteiger charge is 2.44.